The van der Waals surface area contributed by atoms with Crippen LogP contribution in [-0.2, 0) is 5.41 Å². The van der Waals surface area contributed by atoms with Gasteiger partial charge in [0.1, 0.15) is 5.69 Å². The minimum Gasteiger partial charge on any atom is -0.310 e. The number of rotatable bonds is 4. The first-order chi connectivity index (χ1) is 22.6. The topological polar surface area (TPSA) is 38.9 Å². The Hall–Kier alpha value is -5.94. The Morgan fingerprint density at radius 2 is 1.00 bits per heavy atom. The fraction of sp³-hybridized carbons (Fsp3) is 0.0732. The van der Waals surface area contributed by atoms with E-state index in [1.54, 1.807) is 0 Å². The first-order valence-electron chi connectivity index (χ1n) is 15.7. The number of fused-ring (bicyclic) bond motifs is 5. The molecule has 0 amide bonds. The minimum atomic E-state index is -0.0796. The van der Waals surface area contributed by atoms with Crippen LogP contribution in [0.2, 0.25) is 0 Å². The molecule has 0 atom stereocenters. The van der Waals surface area contributed by atoms with Gasteiger partial charge in [0.05, 0.1) is 34.3 Å². The van der Waals surface area contributed by atoms with Crippen LogP contribution in [0.15, 0.2) is 152 Å². The van der Waals surface area contributed by atoms with E-state index in [1.165, 1.54) is 44.3 Å². The van der Waals surface area contributed by atoms with Crippen molar-refractivity contribution in [3.05, 3.63) is 163 Å². The highest BCUT2D eigenvalue weighted by Crippen LogP contribution is 2.51. The van der Waals surface area contributed by atoms with E-state index in [1.807, 2.05) is 10.9 Å². The predicted molar refractivity (Wildman–Crippen MR) is 188 cm³/mol. The number of para-hydroxylation sites is 4. The normalized spacial score (nSPS) is 13.6. The van der Waals surface area contributed by atoms with Crippen molar-refractivity contribution in [1.29, 1.82) is 0 Å². The number of hydrogen-bond donors (Lipinski definition) is 0. The molecule has 0 spiro atoms. The van der Waals surface area contributed by atoms with E-state index in [9.17, 15) is 0 Å². The molecule has 3 heterocycles. The summed E-state index contributed by atoms with van der Waals surface area (Å²) in [4.78, 5) is 2.37. The third kappa shape index (κ3) is 3.95. The van der Waals surface area contributed by atoms with Crippen molar-refractivity contribution in [3.8, 4) is 22.6 Å². The summed E-state index contributed by atoms with van der Waals surface area (Å²) in [6.07, 6.45) is 2.00. The molecule has 0 fully saturated rings. The summed E-state index contributed by atoms with van der Waals surface area (Å²) in [7, 11) is 0. The molecule has 0 unspecified atom stereocenters. The van der Waals surface area contributed by atoms with Crippen LogP contribution in [0.5, 0.6) is 0 Å². The highest BCUT2D eigenvalue weighted by Gasteiger charge is 2.36. The first kappa shape index (κ1) is 26.5. The van der Waals surface area contributed by atoms with E-state index in [2.05, 4.69) is 179 Å². The quantitative estimate of drug-likeness (QED) is 0.204. The van der Waals surface area contributed by atoms with Gasteiger partial charge in [-0.3, -0.25) is 0 Å². The van der Waals surface area contributed by atoms with Gasteiger partial charge in [0.25, 0.3) is 0 Å². The largest absolute Gasteiger partial charge is 0.310 e. The van der Waals surface area contributed by atoms with Crippen LogP contribution in [-0.4, -0.2) is 19.6 Å². The van der Waals surface area contributed by atoms with Gasteiger partial charge >= 0.3 is 0 Å². The molecular formula is C41H31N5. The average molecular weight is 594 g/mol. The molecule has 1 aliphatic rings. The van der Waals surface area contributed by atoms with E-state index >= 15 is 0 Å². The highest BCUT2D eigenvalue weighted by molar-refractivity contribution is 6.09. The zero-order chi connectivity index (χ0) is 30.8. The average Bonchev–Trinajstić information content (AvgIpc) is 3.73. The summed E-state index contributed by atoms with van der Waals surface area (Å²) in [5, 5.41) is 11.5. The lowest BCUT2D eigenvalue weighted by Gasteiger charge is -2.42. The molecule has 220 valence electrons. The summed E-state index contributed by atoms with van der Waals surface area (Å²) in [5.41, 5.74) is 12.4. The SMILES string of the molecule is CC1(C)c2ccccc2N(c2ccc(-c3cn(-c4ccc(-n5c6ccccc6c6ccccc65)cc4)nn3)cc2)c2ccccc21. The molecule has 5 heteroatoms. The molecule has 6 aromatic carbocycles. The fourth-order valence-electron chi connectivity index (χ4n) is 7.21. The van der Waals surface area contributed by atoms with Crippen LogP contribution in [0.1, 0.15) is 25.0 Å². The summed E-state index contributed by atoms with van der Waals surface area (Å²) < 4.78 is 4.17. The molecule has 9 rings (SSSR count). The maximum atomic E-state index is 4.54. The molecule has 46 heavy (non-hydrogen) atoms. The molecule has 2 aromatic heterocycles. The fourth-order valence-corrected chi connectivity index (χ4v) is 7.21. The van der Waals surface area contributed by atoms with E-state index < -0.39 is 0 Å². The zero-order valence-corrected chi connectivity index (χ0v) is 25.7. The standard InChI is InChI=1S/C41H31N5/c1-41(2)34-13-5-9-17-39(34)46(40-18-10-6-14-35(40)41)30-21-19-28(20-22-30)36-27-44(43-42-36)29-23-25-31(26-24-29)45-37-15-7-3-11-32(37)33-12-4-8-16-38(33)45/h3-27H,1-2H3. The molecule has 1 aliphatic heterocycles. The van der Waals surface area contributed by atoms with Gasteiger partial charge < -0.3 is 9.47 Å². The smallest absolute Gasteiger partial charge is 0.113 e. The van der Waals surface area contributed by atoms with Gasteiger partial charge in [-0.2, -0.15) is 0 Å². The molecule has 8 aromatic rings. The van der Waals surface area contributed by atoms with Crippen molar-refractivity contribution in [1.82, 2.24) is 19.6 Å². The number of benzene rings is 6. The lowest BCUT2D eigenvalue weighted by molar-refractivity contribution is 0.632. The summed E-state index contributed by atoms with van der Waals surface area (Å²) in [6.45, 7) is 4.62. The van der Waals surface area contributed by atoms with Crippen LogP contribution >= 0.6 is 0 Å². The summed E-state index contributed by atoms with van der Waals surface area (Å²) in [6, 6.07) is 51.8. The molecule has 0 aliphatic carbocycles. The second-order valence-electron chi connectivity index (χ2n) is 12.5. The molecule has 0 N–H and O–H groups in total. The minimum absolute atomic E-state index is 0.0796. The molecule has 0 radical (unpaired) electrons. The van der Waals surface area contributed by atoms with Crippen molar-refractivity contribution >= 4 is 38.9 Å². The van der Waals surface area contributed by atoms with Gasteiger partial charge in [-0.05, 0) is 71.8 Å². The van der Waals surface area contributed by atoms with Crippen LogP contribution in [0, 0.1) is 0 Å². The van der Waals surface area contributed by atoms with Crippen molar-refractivity contribution in [2.24, 2.45) is 0 Å². The van der Waals surface area contributed by atoms with Crippen LogP contribution in [0.25, 0.3) is 44.4 Å². The molecular weight excluding hydrogens is 562 g/mol. The van der Waals surface area contributed by atoms with E-state index in [4.69, 9.17) is 0 Å². The Labute approximate surface area is 267 Å². The Morgan fingerprint density at radius 1 is 0.500 bits per heavy atom. The Bertz CT molecular complexity index is 2290. The summed E-state index contributed by atoms with van der Waals surface area (Å²) >= 11 is 0. The second kappa shape index (κ2) is 10.0. The number of nitrogens with zero attached hydrogens (tertiary/aromatic N) is 5. The van der Waals surface area contributed by atoms with Crippen LogP contribution < -0.4 is 4.90 Å². The number of hydrogen-bond acceptors (Lipinski definition) is 3. The maximum Gasteiger partial charge on any atom is 0.113 e. The maximum absolute atomic E-state index is 4.54. The molecule has 0 saturated carbocycles. The number of aromatic nitrogens is 4. The van der Waals surface area contributed by atoms with Gasteiger partial charge in [-0.1, -0.05) is 104 Å². The highest BCUT2D eigenvalue weighted by atomic mass is 15.4. The molecule has 0 bridgehead atoms. The lowest BCUT2D eigenvalue weighted by Crippen LogP contribution is -2.30. The zero-order valence-electron chi connectivity index (χ0n) is 25.7. The van der Waals surface area contributed by atoms with E-state index in [0.717, 1.165) is 28.3 Å². The van der Waals surface area contributed by atoms with Crippen molar-refractivity contribution in [3.63, 3.8) is 0 Å². The molecule has 0 saturated heterocycles. The molecule has 5 nitrogen and oxygen atoms in total. The lowest BCUT2D eigenvalue weighted by atomic mass is 9.73. The Balaban J connectivity index is 1.03. The van der Waals surface area contributed by atoms with Crippen molar-refractivity contribution < 1.29 is 0 Å². The van der Waals surface area contributed by atoms with Crippen molar-refractivity contribution in [2.75, 3.05) is 4.90 Å². The van der Waals surface area contributed by atoms with Gasteiger partial charge in [-0.25, -0.2) is 4.68 Å². The monoisotopic (exact) mass is 593 g/mol. The van der Waals surface area contributed by atoms with Gasteiger partial charge in [0.15, 0.2) is 0 Å². The predicted octanol–water partition coefficient (Wildman–Crippen LogP) is 10.1. The second-order valence-corrected chi connectivity index (χ2v) is 12.5. The van der Waals surface area contributed by atoms with Gasteiger partial charge in [0, 0.05) is 33.1 Å². The van der Waals surface area contributed by atoms with Crippen LogP contribution in [0.3, 0.4) is 0 Å². The Morgan fingerprint density at radius 3 is 1.61 bits per heavy atom. The van der Waals surface area contributed by atoms with E-state index in [0.29, 0.717) is 0 Å². The van der Waals surface area contributed by atoms with Crippen LogP contribution in [0.4, 0.5) is 17.1 Å². The van der Waals surface area contributed by atoms with Crippen molar-refractivity contribution in [2.45, 2.75) is 19.3 Å². The Kier molecular flexibility index (Phi) is 5.78. The first-order valence-corrected chi connectivity index (χ1v) is 15.7. The van der Waals surface area contributed by atoms with E-state index in [-0.39, 0.29) is 5.41 Å². The van der Waals surface area contributed by atoms with Gasteiger partial charge in [-0.15, -0.1) is 5.10 Å². The third-order valence-electron chi connectivity index (χ3n) is 9.50. The third-order valence-corrected chi connectivity index (χ3v) is 9.50. The summed E-state index contributed by atoms with van der Waals surface area (Å²) in [5.74, 6) is 0. The van der Waals surface area contributed by atoms with Gasteiger partial charge in [0.2, 0.25) is 0 Å². The number of anilines is 3.